The first-order valence-electron chi connectivity index (χ1n) is 7.41. The van der Waals surface area contributed by atoms with Gasteiger partial charge in [0.1, 0.15) is 12.4 Å². The summed E-state index contributed by atoms with van der Waals surface area (Å²) in [6, 6.07) is 6.63. The minimum atomic E-state index is -4.90. The zero-order chi connectivity index (χ0) is 18.2. The van der Waals surface area contributed by atoms with Crippen molar-refractivity contribution in [2.45, 2.75) is 25.4 Å². The number of anilines is 1. The quantitative estimate of drug-likeness (QED) is 0.671. The molecule has 0 spiro atoms. The first-order valence-corrected chi connectivity index (χ1v) is 7.41. The molecule has 0 radical (unpaired) electrons. The van der Waals surface area contributed by atoms with Gasteiger partial charge in [0.05, 0.1) is 11.1 Å². The molecule has 0 aliphatic carbocycles. The molecule has 0 saturated carbocycles. The van der Waals surface area contributed by atoms with Gasteiger partial charge in [0.15, 0.2) is 0 Å². The second-order valence-corrected chi connectivity index (χ2v) is 5.65. The molecule has 3 rings (SSSR count). The Morgan fingerprint density at radius 1 is 0.923 bits per heavy atom. The number of alkyl halides is 6. The molecular formula is C17H14ClF6NO. The monoisotopic (exact) mass is 397 g/mol. The van der Waals surface area contributed by atoms with Gasteiger partial charge in [-0.25, -0.2) is 0 Å². The summed E-state index contributed by atoms with van der Waals surface area (Å²) in [6.07, 6.45) is -8.96. The first-order chi connectivity index (χ1) is 11.6. The van der Waals surface area contributed by atoms with E-state index >= 15 is 0 Å². The Balaban J connectivity index is 0.00000243. The van der Waals surface area contributed by atoms with E-state index in [9.17, 15) is 26.3 Å². The third-order valence-corrected chi connectivity index (χ3v) is 3.92. The summed E-state index contributed by atoms with van der Waals surface area (Å²) in [7, 11) is 0. The highest BCUT2D eigenvalue weighted by atomic mass is 35.5. The normalized spacial score (nSPS) is 13.6. The Bertz CT molecular complexity index is 788. The van der Waals surface area contributed by atoms with Gasteiger partial charge in [-0.05, 0) is 42.3 Å². The van der Waals surface area contributed by atoms with Crippen molar-refractivity contribution in [3.8, 4) is 5.75 Å². The maximum Gasteiger partial charge on any atom is 0.416 e. The van der Waals surface area contributed by atoms with Gasteiger partial charge in [-0.3, -0.25) is 0 Å². The summed E-state index contributed by atoms with van der Waals surface area (Å²) in [6.45, 7) is 0.301. The van der Waals surface area contributed by atoms with Crippen LogP contribution in [-0.2, 0) is 25.4 Å². The first kappa shape index (κ1) is 20.2. The fourth-order valence-electron chi connectivity index (χ4n) is 2.67. The fraction of sp³-hybridized carbons (Fsp3) is 0.294. The molecule has 0 fully saturated rings. The predicted molar refractivity (Wildman–Crippen MR) is 86.7 cm³/mol. The van der Waals surface area contributed by atoms with Gasteiger partial charge in [-0.15, -0.1) is 12.4 Å². The van der Waals surface area contributed by atoms with Crippen LogP contribution in [0, 0.1) is 0 Å². The molecular weight excluding hydrogens is 384 g/mol. The molecule has 1 aliphatic rings. The van der Waals surface area contributed by atoms with E-state index in [0.29, 0.717) is 11.8 Å². The van der Waals surface area contributed by atoms with Crippen LogP contribution in [0.1, 0.15) is 22.3 Å². The lowest BCUT2D eigenvalue weighted by atomic mass is 10.0. The van der Waals surface area contributed by atoms with Crippen LogP contribution in [0.15, 0.2) is 36.4 Å². The number of nitrogens with one attached hydrogen (secondary N) is 1. The molecule has 26 heavy (non-hydrogen) atoms. The van der Waals surface area contributed by atoms with Gasteiger partial charge < -0.3 is 10.1 Å². The highest BCUT2D eigenvalue weighted by Crippen LogP contribution is 2.37. The van der Waals surface area contributed by atoms with Gasteiger partial charge in [0.25, 0.3) is 0 Å². The summed E-state index contributed by atoms with van der Waals surface area (Å²) in [5.74, 6) is 0.371. The highest BCUT2D eigenvalue weighted by Gasteiger charge is 2.38. The van der Waals surface area contributed by atoms with E-state index in [1.54, 1.807) is 18.2 Å². The third kappa shape index (κ3) is 4.35. The molecule has 0 aromatic heterocycles. The Morgan fingerprint density at radius 2 is 1.65 bits per heavy atom. The smallest absolute Gasteiger partial charge is 0.416 e. The summed E-state index contributed by atoms with van der Waals surface area (Å²) >= 11 is 0. The fourth-order valence-corrected chi connectivity index (χ4v) is 2.67. The molecule has 142 valence electrons. The Labute approximate surface area is 151 Å². The van der Waals surface area contributed by atoms with Gasteiger partial charge in [-0.1, -0.05) is 6.07 Å². The van der Waals surface area contributed by atoms with Crippen LogP contribution in [0.4, 0.5) is 32.0 Å². The highest BCUT2D eigenvalue weighted by molar-refractivity contribution is 5.85. The van der Waals surface area contributed by atoms with Gasteiger partial charge in [-0.2, -0.15) is 26.3 Å². The lowest BCUT2D eigenvalue weighted by Crippen LogP contribution is -2.14. The van der Waals surface area contributed by atoms with Crippen molar-refractivity contribution in [3.05, 3.63) is 58.7 Å². The van der Waals surface area contributed by atoms with Crippen molar-refractivity contribution in [2.75, 3.05) is 11.9 Å². The minimum Gasteiger partial charge on any atom is -0.489 e. The lowest BCUT2D eigenvalue weighted by Gasteiger charge is -2.16. The number of fused-ring (bicyclic) bond motifs is 1. The number of benzene rings is 2. The molecule has 0 amide bonds. The summed E-state index contributed by atoms with van der Waals surface area (Å²) in [5.41, 5.74) is -1.10. The van der Waals surface area contributed by atoms with Gasteiger partial charge in [0, 0.05) is 17.8 Å². The van der Waals surface area contributed by atoms with Gasteiger partial charge in [0.2, 0.25) is 0 Å². The van der Waals surface area contributed by atoms with Crippen LogP contribution in [0.2, 0.25) is 0 Å². The molecule has 1 aliphatic heterocycles. The van der Waals surface area contributed by atoms with E-state index in [-0.39, 0.29) is 24.0 Å². The van der Waals surface area contributed by atoms with Crippen LogP contribution < -0.4 is 10.1 Å². The van der Waals surface area contributed by atoms with Crippen LogP contribution in [0.5, 0.6) is 5.75 Å². The van der Waals surface area contributed by atoms with Crippen molar-refractivity contribution in [2.24, 2.45) is 0 Å². The van der Waals surface area contributed by atoms with Crippen LogP contribution in [-0.4, -0.2) is 6.54 Å². The van der Waals surface area contributed by atoms with Crippen LogP contribution in [0.3, 0.4) is 0 Å². The largest absolute Gasteiger partial charge is 0.489 e. The Morgan fingerprint density at radius 3 is 2.31 bits per heavy atom. The van der Waals surface area contributed by atoms with Crippen LogP contribution in [0.25, 0.3) is 0 Å². The van der Waals surface area contributed by atoms with E-state index in [0.717, 1.165) is 30.3 Å². The van der Waals surface area contributed by atoms with E-state index in [2.05, 4.69) is 5.32 Å². The van der Waals surface area contributed by atoms with Crippen molar-refractivity contribution in [1.82, 2.24) is 0 Å². The van der Waals surface area contributed by atoms with E-state index in [1.165, 1.54) is 0 Å². The van der Waals surface area contributed by atoms with Crippen molar-refractivity contribution < 1.29 is 31.1 Å². The zero-order valence-electron chi connectivity index (χ0n) is 13.2. The molecule has 0 atom stereocenters. The molecule has 2 aromatic rings. The van der Waals surface area contributed by atoms with Crippen molar-refractivity contribution in [1.29, 1.82) is 0 Å². The van der Waals surface area contributed by atoms with E-state index in [4.69, 9.17) is 4.74 Å². The maximum atomic E-state index is 13.1. The number of ether oxygens (including phenoxy) is 1. The van der Waals surface area contributed by atoms with Crippen LogP contribution >= 0.6 is 12.4 Å². The zero-order valence-corrected chi connectivity index (χ0v) is 14.0. The number of halogens is 7. The molecule has 1 heterocycles. The molecule has 2 aromatic carbocycles. The third-order valence-electron chi connectivity index (χ3n) is 3.92. The average Bonchev–Trinajstić information content (AvgIpc) is 2.98. The summed E-state index contributed by atoms with van der Waals surface area (Å²) in [5, 5.41) is 3.14. The SMILES string of the molecule is Cl.FC(F)(F)c1ccc(COc2ccc3c(c2)CCN3)c(C(F)(F)F)c1. The Kier molecular flexibility index (Phi) is 5.65. The number of rotatable bonds is 3. The predicted octanol–water partition coefficient (Wildman–Crippen LogP) is 5.69. The molecule has 9 heteroatoms. The summed E-state index contributed by atoms with van der Waals surface area (Å²) in [4.78, 5) is 0. The van der Waals surface area contributed by atoms with Gasteiger partial charge >= 0.3 is 12.4 Å². The van der Waals surface area contributed by atoms with E-state index < -0.39 is 30.1 Å². The summed E-state index contributed by atoms with van der Waals surface area (Å²) < 4.78 is 82.6. The average molecular weight is 398 g/mol. The molecule has 0 saturated heterocycles. The Hall–Kier alpha value is -2.09. The van der Waals surface area contributed by atoms with E-state index in [1.807, 2.05) is 0 Å². The second-order valence-electron chi connectivity index (χ2n) is 5.65. The molecule has 1 N–H and O–H groups in total. The maximum absolute atomic E-state index is 13.1. The lowest BCUT2D eigenvalue weighted by molar-refractivity contribution is -0.143. The standard InChI is InChI=1S/C17H13F6NO.ClH/c18-16(19,20)12-2-1-11(14(8-12)17(21,22)23)9-25-13-3-4-15-10(7-13)5-6-24-15;/h1-4,7-8,24H,5-6,9H2;1H. The van der Waals surface area contributed by atoms with Crippen molar-refractivity contribution >= 4 is 18.1 Å². The number of hydrogen-bond donors (Lipinski definition) is 1. The van der Waals surface area contributed by atoms with Crippen molar-refractivity contribution in [3.63, 3.8) is 0 Å². The number of hydrogen-bond acceptors (Lipinski definition) is 2. The topological polar surface area (TPSA) is 21.3 Å². The molecule has 0 unspecified atom stereocenters. The second kappa shape index (κ2) is 7.26. The molecule has 2 nitrogen and oxygen atoms in total. The molecule has 0 bridgehead atoms. The minimum absolute atomic E-state index is 0.